The Labute approximate surface area is 68.3 Å². The lowest BCUT2D eigenvalue weighted by Crippen LogP contribution is -2.32. The molecule has 1 atom stereocenters. The number of nitrogens with zero attached hydrogens (tertiary/aromatic N) is 1. The van der Waals surface area contributed by atoms with E-state index in [9.17, 15) is 0 Å². The van der Waals surface area contributed by atoms with E-state index in [0.717, 1.165) is 13.1 Å². The molecule has 1 rings (SSSR count). The fourth-order valence-corrected chi connectivity index (χ4v) is 0.923. The van der Waals surface area contributed by atoms with Crippen LogP contribution in [0, 0.1) is 0 Å². The van der Waals surface area contributed by atoms with Crippen LogP contribution in [0.2, 0.25) is 0 Å². The highest BCUT2D eigenvalue weighted by atomic mass is 35.6. The molecule has 0 aromatic rings. The van der Waals surface area contributed by atoms with Crippen molar-refractivity contribution in [3.8, 4) is 0 Å². The van der Waals surface area contributed by atoms with Crippen LogP contribution in [0.25, 0.3) is 0 Å². The third-order valence-corrected chi connectivity index (χ3v) is 1.71. The van der Waals surface area contributed by atoms with Crippen molar-refractivity contribution in [2.75, 3.05) is 13.1 Å². The highest BCUT2D eigenvalue weighted by Crippen LogP contribution is 2.34. The second-order valence-electron chi connectivity index (χ2n) is 1.95. The van der Waals surface area contributed by atoms with E-state index in [-0.39, 0.29) is 0 Å². The molecule has 1 saturated heterocycles. The van der Waals surface area contributed by atoms with Crippen molar-refractivity contribution in [3.05, 3.63) is 0 Å². The van der Waals surface area contributed by atoms with E-state index in [2.05, 4.69) is 0 Å². The van der Waals surface area contributed by atoms with Gasteiger partial charge in [0.2, 0.25) is 3.79 Å². The molecule has 54 valence electrons. The van der Waals surface area contributed by atoms with E-state index in [1.54, 1.807) is 4.90 Å². The molecule has 1 heterocycles. The standard InChI is InChI=1S/C4H6Cl3NO/c5-4(6,7)3(9)8-1-2-8/h3,9H,1-2H2. The number of aliphatic hydroxyl groups excluding tert-OH is 1. The van der Waals surface area contributed by atoms with Crippen LogP contribution in [0.5, 0.6) is 0 Å². The van der Waals surface area contributed by atoms with E-state index >= 15 is 0 Å². The Kier molecular flexibility index (Phi) is 2.14. The van der Waals surface area contributed by atoms with Crippen molar-refractivity contribution in [1.82, 2.24) is 4.90 Å². The molecule has 1 aliphatic rings. The topological polar surface area (TPSA) is 23.2 Å². The maximum atomic E-state index is 9.06. The first-order valence-electron chi connectivity index (χ1n) is 2.50. The molecule has 5 heteroatoms. The number of alkyl halides is 3. The maximum absolute atomic E-state index is 9.06. The van der Waals surface area contributed by atoms with Gasteiger partial charge in [-0.2, -0.15) is 0 Å². The lowest BCUT2D eigenvalue weighted by atomic mass is 10.6. The summed E-state index contributed by atoms with van der Waals surface area (Å²) in [6, 6.07) is 0. The van der Waals surface area contributed by atoms with Crippen LogP contribution in [0.1, 0.15) is 0 Å². The first-order chi connectivity index (χ1) is 4.02. The summed E-state index contributed by atoms with van der Waals surface area (Å²) in [4.78, 5) is 1.66. The molecule has 2 nitrogen and oxygen atoms in total. The van der Waals surface area contributed by atoms with Gasteiger partial charge in [0.1, 0.15) is 0 Å². The summed E-state index contributed by atoms with van der Waals surface area (Å²) in [7, 11) is 0. The van der Waals surface area contributed by atoms with Gasteiger partial charge >= 0.3 is 0 Å². The molecule has 0 aliphatic carbocycles. The third-order valence-electron chi connectivity index (χ3n) is 1.12. The molecule has 1 aliphatic heterocycles. The lowest BCUT2D eigenvalue weighted by molar-refractivity contribution is 0.0845. The van der Waals surface area contributed by atoms with Gasteiger partial charge < -0.3 is 5.11 Å². The molecule has 0 saturated carbocycles. The smallest absolute Gasteiger partial charge is 0.229 e. The summed E-state index contributed by atoms with van der Waals surface area (Å²) < 4.78 is -1.56. The first-order valence-corrected chi connectivity index (χ1v) is 3.64. The Morgan fingerprint density at radius 3 is 1.89 bits per heavy atom. The van der Waals surface area contributed by atoms with Crippen LogP contribution in [0.4, 0.5) is 0 Å². The van der Waals surface area contributed by atoms with Crippen LogP contribution in [-0.4, -0.2) is 33.1 Å². The minimum atomic E-state index is -1.56. The molecule has 1 fully saturated rings. The Hall–Kier alpha value is 0.790. The zero-order chi connectivity index (χ0) is 7.07. The normalized spacial score (nSPS) is 24.0. The number of halogens is 3. The highest BCUT2D eigenvalue weighted by molar-refractivity contribution is 6.68. The first kappa shape index (κ1) is 7.89. The van der Waals surface area contributed by atoms with E-state index < -0.39 is 10.0 Å². The lowest BCUT2D eigenvalue weighted by Gasteiger charge is -2.18. The van der Waals surface area contributed by atoms with Crippen LogP contribution in [0.15, 0.2) is 0 Å². The zero-order valence-electron chi connectivity index (χ0n) is 4.52. The van der Waals surface area contributed by atoms with Gasteiger partial charge in [-0.1, -0.05) is 34.8 Å². The van der Waals surface area contributed by atoms with Crippen LogP contribution >= 0.6 is 34.8 Å². The van der Waals surface area contributed by atoms with Crippen molar-refractivity contribution < 1.29 is 5.11 Å². The van der Waals surface area contributed by atoms with Gasteiger partial charge in [-0.05, 0) is 0 Å². The van der Waals surface area contributed by atoms with Crippen LogP contribution < -0.4 is 0 Å². The summed E-state index contributed by atoms with van der Waals surface area (Å²) in [5, 5.41) is 9.06. The molecule has 1 N–H and O–H groups in total. The van der Waals surface area contributed by atoms with Crippen molar-refractivity contribution in [2.45, 2.75) is 10.0 Å². The van der Waals surface area contributed by atoms with E-state index in [1.807, 2.05) is 0 Å². The number of aliphatic hydroxyl groups is 1. The fourth-order valence-electron chi connectivity index (χ4n) is 0.509. The summed E-state index contributed by atoms with van der Waals surface area (Å²) in [5.74, 6) is 0. The second kappa shape index (κ2) is 2.44. The number of rotatable bonds is 1. The average Bonchev–Trinajstić information content (AvgIpc) is 2.40. The molecule has 0 aromatic carbocycles. The molecule has 0 radical (unpaired) electrons. The minimum Gasteiger partial charge on any atom is -0.374 e. The van der Waals surface area contributed by atoms with Crippen molar-refractivity contribution >= 4 is 34.8 Å². The highest BCUT2D eigenvalue weighted by Gasteiger charge is 2.40. The van der Waals surface area contributed by atoms with Gasteiger partial charge in [-0.3, -0.25) is 4.90 Å². The predicted molar refractivity (Wildman–Crippen MR) is 37.9 cm³/mol. The molecule has 0 aromatic heterocycles. The quantitative estimate of drug-likeness (QED) is 0.492. The van der Waals surface area contributed by atoms with Crippen molar-refractivity contribution in [2.24, 2.45) is 0 Å². The Balaban J connectivity index is 2.40. The maximum Gasteiger partial charge on any atom is 0.229 e. The van der Waals surface area contributed by atoms with Crippen LogP contribution in [-0.2, 0) is 0 Å². The van der Waals surface area contributed by atoms with Crippen molar-refractivity contribution in [1.29, 1.82) is 0 Å². The fraction of sp³-hybridized carbons (Fsp3) is 1.00. The predicted octanol–water partition coefficient (Wildman–Crippen LogP) is 0.991. The molecule has 9 heavy (non-hydrogen) atoms. The Morgan fingerprint density at radius 1 is 1.33 bits per heavy atom. The van der Waals surface area contributed by atoms with Crippen molar-refractivity contribution in [3.63, 3.8) is 0 Å². The summed E-state index contributed by atoms with van der Waals surface area (Å²) >= 11 is 16.1. The molecular formula is C4H6Cl3NO. The number of hydrogen-bond acceptors (Lipinski definition) is 2. The molecule has 0 bridgehead atoms. The number of hydrogen-bond donors (Lipinski definition) is 1. The van der Waals surface area contributed by atoms with Gasteiger partial charge in [0.15, 0.2) is 6.23 Å². The SMILES string of the molecule is OC(N1CC1)C(Cl)(Cl)Cl. The van der Waals surface area contributed by atoms with Crippen LogP contribution in [0.3, 0.4) is 0 Å². The van der Waals surface area contributed by atoms with E-state index in [4.69, 9.17) is 39.9 Å². The summed E-state index contributed by atoms with van der Waals surface area (Å²) in [6.45, 7) is 1.63. The minimum absolute atomic E-state index is 0.815. The van der Waals surface area contributed by atoms with Gasteiger partial charge in [0, 0.05) is 13.1 Å². The van der Waals surface area contributed by atoms with E-state index in [1.165, 1.54) is 0 Å². The third kappa shape index (κ3) is 2.13. The average molecular weight is 190 g/mol. The Morgan fingerprint density at radius 2 is 1.78 bits per heavy atom. The molecule has 0 spiro atoms. The molecular weight excluding hydrogens is 184 g/mol. The Bertz CT molecular complexity index is 109. The van der Waals surface area contributed by atoms with Gasteiger partial charge in [0.05, 0.1) is 0 Å². The molecule has 0 amide bonds. The molecule has 1 unspecified atom stereocenters. The summed E-state index contributed by atoms with van der Waals surface area (Å²) in [6.07, 6.45) is -0.942. The van der Waals surface area contributed by atoms with Gasteiger partial charge in [0.25, 0.3) is 0 Å². The zero-order valence-corrected chi connectivity index (χ0v) is 6.79. The van der Waals surface area contributed by atoms with Gasteiger partial charge in [-0.25, -0.2) is 0 Å². The monoisotopic (exact) mass is 189 g/mol. The van der Waals surface area contributed by atoms with Gasteiger partial charge in [-0.15, -0.1) is 0 Å². The summed E-state index contributed by atoms with van der Waals surface area (Å²) in [5.41, 5.74) is 0. The second-order valence-corrected chi connectivity index (χ2v) is 4.32. The van der Waals surface area contributed by atoms with E-state index in [0.29, 0.717) is 0 Å². The largest absolute Gasteiger partial charge is 0.374 e.